The number of benzene rings is 1. The summed E-state index contributed by atoms with van der Waals surface area (Å²) in [6.07, 6.45) is 6.57. The van der Waals surface area contributed by atoms with Crippen LogP contribution in [0.15, 0.2) is 30.3 Å². The summed E-state index contributed by atoms with van der Waals surface area (Å²) in [5.74, 6) is 0.905. The van der Waals surface area contributed by atoms with Gasteiger partial charge in [-0.25, -0.2) is 0 Å². The van der Waals surface area contributed by atoms with Crippen molar-refractivity contribution in [3.63, 3.8) is 0 Å². The molecule has 0 spiro atoms. The fourth-order valence-electron chi connectivity index (χ4n) is 3.76. The lowest BCUT2D eigenvalue weighted by molar-refractivity contribution is 0.0482. The van der Waals surface area contributed by atoms with Crippen molar-refractivity contribution in [3.8, 4) is 0 Å². The summed E-state index contributed by atoms with van der Waals surface area (Å²) in [4.78, 5) is 2.68. The first kappa shape index (κ1) is 12.2. The molecule has 2 aliphatic rings. The van der Waals surface area contributed by atoms with Gasteiger partial charge >= 0.3 is 0 Å². The number of fused-ring (bicyclic) bond motifs is 1. The maximum absolute atomic E-state index is 6.17. The van der Waals surface area contributed by atoms with Crippen LogP contribution in [0.25, 0.3) is 0 Å². The Morgan fingerprint density at radius 1 is 1.11 bits per heavy atom. The Labute approximate surface area is 110 Å². The highest BCUT2D eigenvalue weighted by molar-refractivity contribution is 5.15. The molecule has 1 aromatic rings. The molecule has 3 rings (SSSR count). The predicted molar refractivity (Wildman–Crippen MR) is 75.2 cm³/mol. The van der Waals surface area contributed by atoms with Gasteiger partial charge in [0.2, 0.25) is 0 Å². The molecule has 0 amide bonds. The van der Waals surface area contributed by atoms with Crippen molar-refractivity contribution in [2.75, 3.05) is 6.54 Å². The second-order valence-corrected chi connectivity index (χ2v) is 6.00. The Hall–Kier alpha value is -0.860. The molecule has 1 aromatic carbocycles. The van der Waals surface area contributed by atoms with E-state index in [-0.39, 0.29) is 0 Å². The minimum absolute atomic E-state index is 0.433. The van der Waals surface area contributed by atoms with E-state index in [4.69, 9.17) is 5.73 Å². The molecule has 18 heavy (non-hydrogen) atoms. The molecule has 1 saturated heterocycles. The minimum atomic E-state index is 0.433. The fourth-order valence-corrected chi connectivity index (χ4v) is 3.76. The third-order valence-electron chi connectivity index (χ3n) is 4.71. The first-order valence-corrected chi connectivity index (χ1v) is 7.36. The van der Waals surface area contributed by atoms with Crippen molar-refractivity contribution >= 4 is 0 Å². The van der Waals surface area contributed by atoms with Crippen molar-refractivity contribution < 1.29 is 0 Å². The third kappa shape index (κ3) is 2.60. The maximum Gasteiger partial charge on any atom is 0.0236 e. The van der Waals surface area contributed by atoms with E-state index in [1.807, 2.05) is 0 Å². The Kier molecular flexibility index (Phi) is 3.67. The molecule has 2 N–H and O–H groups in total. The lowest BCUT2D eigenvalue weighted by Gasteiger charge is -2.45. The average molecular weight is 244 g/mol. The van der Waals surface area contributed by atoms with Gasteiger partial charge in [-0.15, -0.1) is 0 Å². The second kappa shape index (κ2) is 5.41. The molecule has 1 aliphatic heterocycles. The topological polar surface area (TPSA) is 29.3 Å². The molecular formula is C16H24N2. The molecule has 1 aliphatic carbocycles. The van der Waals surface area contributed by atoms with Gasteiger partial charge in [0.15, 0.2) is 0 Å². The number of nitrogens with zero attached hydrogens (tertiary/aromatic N) is 1. The fraction of sp³-hybridized carbons (Fsp3) is 0.625. The Morgan fingerprint density at radius 2 is 1.94 bits per heavy atom. The van der Waals surface area contributed by atoms with E-state index in [1.165, 1.54) is 44.2 Å². The van der Waals surface area contributed by atoms with E-state index in [2.05, 4.69) is 35.2 Å². The second-order valence-electron chi connectivity index (χ2n) is 6.00. The normalized spacial score (nSPS) is 33.1. The van der Waals surface area contributed by atoms with Crippen LogP contribution in [0.4, 0.5) is 0 Å². The molecule has 2 heteroatoms. The predicted octanol–water partition coefficient (Wildman–Crippen LogP) is 2.78. The van der Waals surface area contributed by atoms with Gasteiger partial charge in [0.05, 0.1) is 0 Å². The molecule has 0 radical (unpaired) electrons. The van der Waals surface area contributed by atoms with Crippen molar-refractivity contribution in [2.24, 2.45) is 11.7 Å². The minimum Gasteiger partial charge on any atom is -0.328 e. The summed E-state index contributed by atoms with van der Waals surface area (Å²) in [6, 6.07) is 12.0. The molecular weight excluding hydrogens is 220 g/mol. The van der Waals surface area contributed by atoms with Crippen LogP contribution >= 0.6 is 0 Å². The number of rotatable bonds is 2. The summed E-state index contributed by atoms with van der Waals surface area (Å²) in [5.41, 5.74) is 7.61. The lowest BCUT2D eigenvalue weighted by Crippen LogP contribution is -2.50. The summed E-state index contributed by atoms with van der Waals surface area (Å²) in [5, 5.41) is 0. The average Bonchev–Trinajstić information content (AvgIpc) is 2.41. The van der Waals surface area contributed by atoms with E-state index < -0.39 is 0 Å². The Bertz CT molecular complexity index is 376. The zero-order valence-electron chi connectivity index (χ0n) is 11.1. The number of hydrogen-bond acceptors (Lipinski definition) is 2. The van der Waals surface area contributed by atoms with Gasteiger partial charge in [-0.3, -0.25) is 4.90 Å². The van der Waals surface area contributed by atoms with E-state index >= 15 is 0 Å². The number of piperidine rings is 1. The largest absolute Gasteiger partial charge is 0.328 e. The van der Waals surface area contributed by atoms with Gasteiger partial charge in [-0.2, -0.15) is 0 Å². The number of nitrogens with two attached hydrogens (primary N) is 1. The highest BCUT2D eigenvalue weighted by Gasteiger charge is 2.35. The standard InChI is InChI=1S/C16H24N2/c17-15-9-8-14-7-4-10-18(16(14)11-15)12-13-5-2-1-3-6-13/h1-3,5-6,14-16H,4,7-12,17H2. The van der Waals surface area contributed by atoms with Crippen LogP contribution in [0, 0.1) is 5.92 Å². The van der Waals surface area contributed by atoms with Crippen LogP contribution in [-0.2, 0) is 6.54 Å². The molecule has 3 unspecified atom stereocenters. The number of hydrogen-bond donors (Lipinski definition) is 1. The summed E-state index contributed by atoms with van der Waals surface area (Å²) in [6.45, 7) is 2.36. The molecule has 0 aromatic heterocycles. The van der Waals surface area contributed by atoms with Crippen LogP contribution in [0.1, 0.15) is 37.7 Å². The van der Waals surface area contributed by atoms with E-state index in [1.54, 1.807) is 0 Å². The van der Waals surface area contributed by atoms with Gasteiger partial charge in [0, 0.05) is 18.6 Å². The first-order chi connectivity index (χ1) is 8.83. The highest BCUT2D eigenvalue weighted by atomic mass is 15.2. The van der Waals surface area contributed by atoms with Crippen LogP contribution in [0.3, 0.4) is 0 Å². The van der Waals surface area contributed by atoms with E-state index in [0.29, 0.717) is 6.04 Å². The van der Waals surface area contributed by atoms with Crippen LogP contribution in [-0.4, -0.2) is 23.5 Å². The third-order valence-corrected chi connectivity index (χ3v) is 4.71. The van der Waals surface area contributed by atoms with Crippen LogP contribution in [0.2, 0.25) is 0 Å². The maximum atomic E-state index is 6.17. The van der Waals surface area contributed by atoms with Crippen molar-refractivity contribution in [2.45, 2.75) is 50.7 Å². The summed E-state index contributed by atoms with van der Waals surface area (Å²) >= 11 is 0. The summed E-state index contributed by atoms with van der Waals surface area (Å²) < 4.78 is 0. The van der Waals surface area contributed by atoms with Gasteiger partial charge in [-0.1, -0.05) is 30.3 Å². The SMILES string of the molecule is NC1CCC2CCCN(Cc3ccccc3)C2C1. The van der Waals surface area contributed by atoms with Crippen molar-refractivity contribution in [1.29, 1.82) is 0 Å². The monoisotopic (exact) mass is 244 g/mol. The summed E-state index contributed by atoms with van der Waals surface area (Å²) in [7, 11) is 0. The smallest absolute Gasteiger partial charge is 0.0236 e. The van der Waals surface area contributed by atoms with Crippen LogP contribution in [0.5, 0.6) is 0 Å². The molecule has 3 atom stereocenters. The quantitative estimate of drug-likeness (QED) is 0.867. The molecule has 0 bridgehead atoms. The molecule has 1 heterocycles. The Morgan fingerprint density at radius 3 is 2.78 bits per heavy atom. The molecule has 2 fully saturated rings. The van der Waals surface area contributed by atoms with E-state index in [9.17, 15) is 0 Å². The van der Waals surface area contributed by atoms with Gasteiger partial charge < -0.3 is 5.73 Å². The van der Waals surface area contributed by atoms with Gasteiger partial charge in [0.1, 0.15) is 0 Å². The van der Waals surface area contributed by atoms with Crippen molar-refractivity contribution in [1.82, 2.24) is 4.90 Å². The first-order valence-electron chi connectivity index (χ1n) is 7.36. The molecule has 98 valence electrons. The zero-order valence-corrected chi connectivity index (χ0v) is 11.1. The Balaban J connectivity index is 1.70. The lowest BCUT2D eigenvalue weighted by atomic mass is 9.76. The number of likely N-dealkylation sites (tertiary alicyclic amines) is 1. The van der Waals surface area contributed by atoms with Gasteiger partial charge in [0.25, 0.3) is 0 Å². The van der Waals surface area contributed by atoms with E-state index in [0.717, 1.165) is 18.5 Å². The highest BCUT2D eigenvalue weighted by Crippen LogP contribution is 2.35. The van der Waals surface area contributed by atoms with Crippen LogP contribution < -0.4 is 5.73 Å². The van der Waals surface area contributed by atoms with Crippen molar-refractivity contribution in [3.05, 3.63) is 35.9 Å². The van der Waals surface area contributed by atoms with Gasteiger partial charge in [-0.05, 0) is 50.1 Å². The zero-order chi connectivity index (χ0) is 12.4. The molecule has 2 nitrogen and oxygen atoms in total. The molecule has 1 saturated carbocycles.